The molecule has 0 fully saturated rings. The Balaban J connectivity index is 2.02. The number of amides is 1. The summed E-state index contributed by atoms with van der Waals surface area (Å²) in [7, 11) is 0. The van der Waals surface area contributed by atoms with Gasteiger partial charge in [0.1, 0.15) is 17.1 Å². The van der Waals surface area contributed by atoms with Gasteiger partial charge in [-0.25, -0.2) is 4.39 Å². The number of nitrogens with two attached hydrogens (primary N) is 1. The van der Waals surface area contributed by atoms with Gasteiger partial charge in [0, 0.05) is 12.2 Å². The van der Waals surface area contributed by atoms with E-state index >= 15 is 0 Å². The molecule has 2 aromatic carbocycles. The van der Waals surface area contributed by atoms with Crippen molar-refractivity contribution in [3.8, 4) is 5.75 Å². The van der Waals surface area contributed by atoms with Crippen LogP contribution < -0.4 is 11.1 Å². The number of carbonyl (C=O) groups is 1. The van der Waals surface area contributed by atoms with Gasteiger partial charge >= 0.3 is 0 Å². The van der Waals surface area contributed by atoms with E-state index in [0.717, 1.165) is 6.07 Å². The lowest BCUT2D eigenvalue weighted by Crippen LogP contribution is -2.29. The predicted octanol–water partition coefficient (Wildman–Crippen LogP) is 1.58. The van der Waals surface area contributed by atoms with Gasteiger partial charge in [0.2, 0.25) is 0 Å². The summed E-state index contributed by atoms with van der Waals surface area (Å²) in [5.74, 6) is -2.07. The number of phenolic OH excluding ortho intramolecular Hbond substituents is 1. The van der Waals surface area contributed by atoms with Gasteiger partial charge in [-0.2, -0.15) is 0 Å². The number of halogens is 1. The predicted molar refractivity (Wildman–Crippen MR) is 76.2 cm³/mol. The van der Waals surface area contributed by atoms with Gasteiger partial charge in [-0.1, -0.05) is 18.2 Å². The van der Waals surface area contributed by atoms with Crippen LogP contribution in [0.25, 0.3) is 0 Å². The van der Waals surface area contributed by atoms with E-state index in [1.165, 1.54) is 12.1 Å². The van der Waals surface area contributed by atoms with Crippen LogP contribution in [0, 0.1) is 5.82 Å². The van der Waals surface area contributed by atoms with E-state index in [1.807, 2.05) is 0 Å². The Morgan fingerprint density at radius 3 is 2.52 bits per heavy atom. The number of anilines is 1. The number of benzene rings is 2. The minimum atomic E-state index is -0.955. The van der Waals surface area contributed by atoms with Gasteiger partial charge in [-0.05, 0) is 29.8 Å². The summed E-state index contributed by atoms with van der Waals surface area (Å²) in [6, 6.07) is 10.1. The minimum Gasteiger partial charge on any atom is -0.507 e. The molecule has 0 aliphatic heterocycles. The Kier molecular flexibility index (Phi) is 4.39. The van der Waals surface area contributed by atoms with Crippen molar-refractivity contribution in [1.82, 2.24) is 5.32 Å². The Labute approximate surface area is 120 Å². The molecule has 1 unspecified atom stereocenters. The maximum Gasteiger partial charge on any atom is 0.258 e. The number of carbonyl (C=O) groups excluding carboxylic acids is 1. The van der Waals surface area contributed by atoms with Gasteiger partial charge < -0.3 is 21.3 Å². The minimum absolute atomic E-state index is 0.115. The molecule has 110 valence electrons. The number of hydrogen-bond donors (Lipinski definition) is 4. The van der Waals surface area contributed by atoms with E-state index < -0.39 is 29.1 Å². The van der Waals surface area contributed by atoms with E-state index in [-0.39, 0.29) is 6.54 Å². The van der Waals surface area contributed by atoms with Gasteiger partial charge in [0.15, 0.2) is 0 Å². The van der Waals surface area contributed by atoms with Crippen LogP contribution in [0.4, 0.5) is 10.1 Å². The molecule has 0 aliphatic rings. The normalized spacial score (nSPS) is 11.9. The summed E-state index contributed by atoms with van der Waals surface area (Å²) in [5, 5.41) is 21.8. The average molecular weight is 290 g/mol. The van der Waals surface area contributed by atoms with Gasteiger partial charge in [0.25, 0.3) is 5.91 Å². The number of aromatic hydroxyl groups is 1. The molecule has 1 amide bonds. The van der Waals surface area contributed by atoms with E-state index in [9.17, 15) is 19.4 Å². The topological polar surface area (TPSA) is 95.6 Å². The number of rotatable bonds is 4. The molecule has 1 atom stereocenters. The van der Waals surface area contributed by atoms with Gasteiger partial charge in [0.05, 0.1) is 6.10 Å². The highest BCUT2D eigenvalue weighted by molar-refractivity contribution is 5.97. The SMILES string of the molecule is Nc1ccc(C(O)CNC(=O)c2c(O)cccc2F)cc1. The van der Waals surface area contributed by atoms with Crippen molar-refractivity contribution in [1.29, 1.82) is 0 Å². The van der Waals surface area contributed by atoms with Crippen LogP contribution in [-0.4, -0.2) is 22.7 Å². The lowest BCUT2D eigenvalue weighted by Gasteiger charge is -2.13. The monoisotopic (exact) mass is 290 g/mol. The second-order valence-corrected chi connectivity index (χ2v) is 4.53. The van der Waals surface area contributed by atoms with Crippen LogP contribution in [0.1, 0.15) is 22.0 Å². The standard InChI is InChI=1S/C15H15FN2O3/c16-11-2-1-3-12(19)14(11)15(21)18-8-13(20)9-4-6-10(17)7-5-9/h1-7,13,19-20H,8,17H2,(H,18,21). The third-order valence-electron chi connectivity index (χ3n) is 3.00. The second-order valence-electron chi connectivity index (χ2n) is 4.53. The molecular weight excluding hydrogens is 275 g/mol. The fourth-order valence-corrected chi connectivity index (χ4v) is 1.85. The Morgan fingerprint density at radius 2 is 1.90 bits per heavy atom. The smallest absolute Gasteiger partial charge is 0.258 e. The highest BCUT2D eigenvalue weighted by Crippen LogP contribution is 2.20. The molecule has 0 heterocycles. The third kappa shape index (κ3) is 3.49. The second kappa shape index (κ2) is 6.23. The largest absolute Gasteiger partial charge is 0.507 e. The van der Waals surface area contributed by atoms with Crippen molar-refractivity contribution in [2.75, 3.05) is 12.3 Å². The van der Waals surface area contributed by atoms with Crippen molar-refractivity contribution in [2.45, 2.75) is 6.10 Å². The molecule has 5 nitrogen and oxygen atoms in total. The summed E-state index contributed by atoms with van der Waals surface area (Å²) >= 11 is 0. The lowest BCUT2D eigenvalue weighted by atomic mass is 10.1. The molecule has 2 aromatic rings. The van der Waals surface area contributed by atoms with Crippen LogP contribution in [0.5, 0.6) is 5.75 Å². The molecule has 0 radical (unpaired) electrons. The van der Waals surface area contributed by atoms with Crippen molar-refractivity contribution in [3.05, 3.63) is 59.4 Å². The first-order chi connectivity index (χ1) is 9.99. The molecule has 6 heteroatoms. The third-order valence-corrected chi connectivity index (χ3v) is 3.00. The van der Waals surface area contributed by atoms with Crippen LogP contribution >= 0.6 is 0 Å². The molecule has 0 bridgehead atoms. The lowest BCUT2D eigenvalue weighted by molar-refractivity contribution is 0.0909. The summed E-state index contributed by atoms with van der Waals surface area (Å²) in [4.78, 5) is 11.8. The van der Waals surface area contributed by atoms with Crippen molar-refractivity contribution in [3.63, 3.8) is 0 Å². The number of nitrogen functional groups attached to an aromatic ring is 1. The Bertz CT molecular complexity index is 624. The zero-order valence-corrected chi connectivity index (χ0v) is 11.1. The van der Waals surface area contributed by atoms with E-state index in [2.05, 4.69) is 5.32 Å². The first-order valence-corrected chi connectivity index (χ1v) is 6.28. The molecular formula is C15H15FN2O3. The van der Waals surface area contributed by atoms with Crippen LogP contribution in [0.2, 0.25) is 0 Å². The molecule has 0 saturated heterocycles. The van der Waals surface area contributed by atoms with Gasteiger partial charge in [-0.15, -0.1) is 0 Å². The molecule has 21 heavy (non-hydrogen) atoms. The van der Waals surface area contributed by atoms with E-state index in [0.29, 0.717) is 11.3 Å². The average Bonchev–Trinajstić information content (AvgIpc) is 2.45. The van der Waals surface area contributed by atoms with E-state index in [4.69, 9.17) is 5.73 Å². The first-order valence-electron chi connectivity index (χ1n) is 6.28. The van der Waals surface area contributed by atoms with Crippen molar-refractivity contribution >= 4 is 11.6 Å². The molecule has 2 rings (SSSR count). The van der Waals surface area contributed by atoms with Crippen LogP contribution in [0.15, 0.2) is 42.5 Å². The summed E-state index contributed by atoms with van der Waals surface area (Å²) < 4.78 is 13.5. The number of hydrogen-bond acceptors (Lipinski definition) is 4. The zero-order valence-electron chi connectivity index (χ0n) is 11.1. The number of nitrogens with one attached hydrogen (secondary N) is 1. The molecule has 0 saturated carbocycles. The van der Waals surface area contributed by atoms with E-state index in [1.54, 1.807) is 24.3 Å². The highest BCUT2D eigenvalue weighted by atomic mass is 19.1. The molecule has 0 aliphatic carbocycles. The maximum absolute atomic E-state index is 13.5. The molecule has 5 N–H and O–H groups in total. The zero-order chi connectivity index (χ0) is 15.4. The molecule has 0 spiro atoms. The Morgan fingerprint density at radius 1 is 1.24 bits per heavy atom. The fourth-order valence-electron chi connectivity index (χ4n) is 1.85. The first kappa shape index (κ1) is 14.8. The highest BCUT2D eigenvalue weighted by Gasteiger charge is 2.17. The molecule has 0 aromatic heterocycles. The van der Waals surface area contributed by atoms with Crippen molar-refractivity contribution in [2.24, 2.45) is 0 Å². The summed E-state index contributed by atoms with van der Waals surface area (Å²) in [5.41, 5.74) is 6.23. The quantitative estimate of drug-likeness (QED) is 0.643. The van der Waals surface area contributed by atoms with Crippen LogP contribution in [0.3, 0.4) is 0 Å². The number of aliphatic hydroxyl groups is 1. The number of phenols is 1. The fraction of sp³-hybridized carbons (Fsp3) is 0.133. The summed E-state index contributed by atoms with van der Waals surface area (Å²) in [6.07, 6.45) is -0.955. The Hall–Kier alpha value is -2.60. The van der Waals surface area contributed by atoms with Crippen LogP contribution in [-0.2, 0) is 0 Å². The van der Waals surface area contributed by atoms with Gasteiger partial charge in [-0.3, -0.25) is 4.79 Å². The maximum atomic E-state index is 13.5. The summed E-state index contributed by atoms with van der Waals surface area (Å²) in [6.45, 7) is -0.115. The van der Waals surface area contributed by atoms with Crippen molar-refractivity contribution < 1.29 is 19.4 Å². The number of aliphatic hydroxyl groups excluding tert-OH is 1.